The number of rotatable bonds is 8. The second-order valence-corrected chi connectivity index (χ2v) is 7.97. The lowest BCUT2D eigenvalue weighted by molar-refractivity contribution is -0.122. The number of thioether (sulfide) groups is 1. The summed E-state index contributed by atoms with van der Waals surface area (Å²) >= 11 is 3.55. The molecule has 2 rings (SSSR count). The number of nitrogens with zero attached hydrogens (tertiary/aromatic N) is 1. The van der Waals surface area contributed by atoms with Crippen LogP contribution in [0.4, 0.5) is 0 Å². The number of thiophene rings is 1. The van der Waals surface area contributed by atoms with E-state index in [-0.39, 0.29) is 24.4 Å². The van der Waals surface area contributed by atoms with E-state index in [1.54, 1.807) is 11.8 Å². The lowest BCUT2D eigenvalue weighted by Gasteiger charge is -2.32. The number of carbonyl (C=O) groups excluding carboxylic acids is 1. The summed E-state index contributed by atoms with van der Waals surface area (Å²) in [5.41, 5.74) is 5.90. The Kier molecular flexibility index (Phi) is 10.2. The smallest absolute Gasteiger partial charge is 0.236 e. The Morgan fingerprint density at radius 2 is 2.43 bits per heavy atom. The van der Waals surface area contributed by atoms with Gasteiger partial charge < -0.3 is 11.1 Å². The standard InChI is InChI=1S/C16H27N3OS2.ClH/c1-21-9-6-15(17)16(20)18-10-13-4-2-7-19(11-13)12-14-5-3-8-22-14;/h3,5,8,13,15H,2,4,6-7,9-12,17H2,1H3,(H,18,20);1H/t13?,15-;/m0./s1. The Labute approximate surface area is 154 Å². The summed E-state index contributed by atoms with van der Waals surface area (Å²) in [6.45, 7) is 4.02. The zero-order valence-electron chi connectivity index (χ0n) is 13.7. The SMILES string of the molecule is CSCC[C@H](N)C(=O)NCC1CCCN(Cc2cccs2)C1.Cl. The van der Waals surface area contributed by atoms with Gasteiger partial charge in [-0.1, -0.05) is 6.07 Å². The molecule has 2 heterocycles. The highest BCUT2D eigenvalue weighted by Crippen LogP contribution is 2.20. The summed E-state index contributed by atoms with van der Waals surface area (Å²) in [6.07, 6.45) is 5.20. The number of hydrogen-bond donors (Lipinski definition) is 2. The molecule has 0 bridgehead atoms. The van der Waals surface area contributed by atoms with Crippen LogP contribution in [0.5, 0.6) is 0 Å². The Balaban J connectivity index is 0.00000264. The molecule has 0 saturated carbocycles. The van der Waals surface area contributed by atoms with Gasteiger partial charge in [-0.3, -0.25) is 9.69 Å². The number of amides is 1. The minimum absolute atomic E-state index is 0. The molecule has 132 valence electrons. The van der Waals surface area contributed by atoms with Crippen molar-refractivity contribution in [3.63, 3.8) is 0 Å². The molecule has 1 aromatic rings. The quantitative estimate of drug-likeness (QED) is 0.731. The van der Waals surface area contributed by atoms with Gasteiger partial charge in [-0.2, -0.15) is 11.8 Å². The van der Waals surface area contributed by atoms with E-state index in [1.807, 2.05) is 17.6 Å². The number of piperidine rings is 1. The molecule has 1 aliphatic heterocycles. The monoisotopic (exact) mass is 377 g/mol. The maximum atomic E-state index is 12.0. The number of likely N-dealkylation sites (tertiary alicyclic amines) is 1. The molecule has 4 nitrogen and oxygen atoms in total. The van der Waals surface area contributed by atoms with Crippen LogP contribution < -0.4 is 11.1 Å². The highest BCUT2D eigenvalue weighted by molar-refractivity contribution is 7.98. The van der Waals surface area contributed by atoms with Gasteiger partial charge in [0.15, 0.2) is 0 Å². The van der Waals surface area contributed by atoms with Crippen LogP contribution in [0, 0.1) is 5.92 Å². The van der Waals surface area contributed by atoms with Crippen molar-refractivity contribution in [3.8, 4) is 0 Å². The molecule has 1 saturated heterocycles. The molecule has 1 fully saturated rings. The van der Waals surface area contributed by atoms with E-state index in [0.29, 0.717) is 5.92 Å². The first-order valence-corrected chi connectivity index (χ1v) is 10.2. The summed E-state index contributed by atoms with van der Waals surface area (Å²) < 4.78 is 0. The molecule has 1 amide bonds. The number of nitrogens with one attached hydrogen (secondary N) is 1. The molecule has 1 unspecified atom stereocenters. The van der Waals surface area contributed by atoms with Gasteiger partial charge in [0.1, 0.15) is 0 Å². The van der Waals surface area contributed by atoms with E-state index in [9.17, 15) is 4.79 Å². The molecule has 1 aliphatic rings. The van der Waals surface area contributed by atoms with Crippen molar-refractivity contribution in [1.29, 1.82) is 0 Å². The molecule has 3 N–H and O–H groups in total. The molecule has 1 aromatic heterocycles. The Hall–Kier alpha value is -0.270. The molecule has 23 heavy (non-hydrogen) atoms. The van der Waals surface area contributed by atoms with Crippen LogP contribution in [-0.2, 0) is 11.3 Å². The zero-order chi connectivity index (χ0) is 15.8. The molecule has 0 spiro atoms. The number of halogens is 1. The van der Waals surface area contributed by atoms with Crippen LogP contribution in [-0.4, -0.2) is 48.5 Å². The number of nitrogens with two attached hydrogens (primary N) is 1. The first-order chi connectivity index (χ1) is 10.7. The Morgan fingerprint density at radius 1 is 1.61 bits per heavy atom. The van der Waals surface area contributed by atoms with Crippen molar-refractivity contribution in [2.45, 2.75) is 31.8 Å². The summed E-state index contributed by atoms with van der Waals surface area (Å²) in [5, 5.41) is 5.18. The summed E-state index contributed by atoms with van der Waals surface area (Å²) in [4.78, 5) is 15.9. The first kappa shape index (κ1) is 20.8. The minimum Gasteiger partial charge on any atom is -0.354 e. The number of carbonyl (C=O) groups is 1. The number of hydrogen-bond acceptors (Lipinski definition) is 5. The van der Waals surface area contributed by atoms with Gasteiger partial charge in [0, 0.05) is 24.5 Å². The van der Waals surface area contributed by atoms with Gasteiger partial charge in [-0.05, 0) is 55.2 Å². The molecular formula is C16H28ClN3OS2. The highest BCUT2D eigenvalue weighted by atomic mass is 35.5. The maximum Gasteiger partial charge on any atom is 0.236 e. The molecule has 7 heteroatoms. The first-order valence-electron chi connectivity index (χ1n) is 7.96. The van der Waals surface area contributed by atoms with Gasteiger partial charge in [0.2, 0.25) is 5.91 Å². The van der Waals surface area contributed by atoms with Crippen LogP contribution in [0.15, 0.2) is 17.5 Å². The summed E-state index contributed by atoms with van der Waals surface area (Å²) in [5.74, 6) is 1.49. The van der Waals surface area contributed by atoms with Gasteiger partial charge in [-0.25, -0.2) is 0 Å². The lowest BCUT2D eigenvalue weighted by Crippen LogP contribution is -2.45. The fourth-order valence-corrected chi connectivity index (χ4v) is 4.07. The van der Waals surface area contributed by atoms with Crippen LogP contribution in [0.3, 0.4) is 0 Å². The predicted molar refractivity (Wildman–Crippen MR) is 104 cm³/mol. The Bertz CT molecular complexity index is 445. The minimum atomic E-state index is -0.363. The van der Waals surface area contributed by atoms with E-state index >= 15 is 0 Å². The van der Waals surface area contributed by atoms with E-state index in [1.165, 1.54) is 17.7 Å². The van der Waals surface area contributed by atoms with Gasteiger partial charge in [-0.15, -0.1) is 23.7 Å². The molecule has 0 radical (unpaired) electrons. The van der Waals surface area contributed by atoms with Crippen LogP contribution in [0.1, 0.15) is 24.1 Å². The van der Waals surface area contributed by atoms with Crippen molar-refractivity contribution in [2.24, 2.45) is 11.7 Å². The van der Waals surface area contributed by atoms with Crippen molar-refractivity contribution in [1.82, 2.24) is 10.2 Å². The normalized spacial score (nSPS) is 19.8. The van der Waals surface area contributed by atoms with Crippen LogP contribution >= 0.6 is 35.5 Å². The third kappa shape index (κ3) is 7.44. The molecule has 2 atom stereocenters. The Morgan fingerprint density at radius 3 is 3.13 bits per heavy atom. The maximum absolute atomic E-state index is 12.0. The average molecular weight is 378 g/mol. The van der Waals surface area contributed by atoms with Crippen molar-refractivity contribution in [3.05, 3.63) is 22.4 Å². The summed E-state index contributed by atoms with van der Waals surface area (Å²) in [7, 11) is 0. The topological polar surface area (TPSA) is 58.4 Å². The van der Waals surface area contributed by atoms with Crippen molar-refractivity contribution < 1.29 is 4.79 Å². The second kappa shape index (κ2) is 11.3. The van der Waals surface area contributed by atoms with E-state index in [0.717, 1.165) is 38.4 Å². The second-order valence-electron chi connectivity index (χ2n) is 5.96. The fourth-order valence-electron chi connectivity index (χ4n) is 2.84. The van der Waals surface area contributed by atoms with E-state index in [4.69, 9.17) is 5.73 Å². The van der Waals surface area contributed by atoms with Crippen molar-refractivity contribution >= 4 is 41.4 Å². The predicted octanol–water partition coefficient (Wildman–Crippen LogP) is 2.58. The lowest BCUT2D eigenvalue weighted by atomic mass is 9.97. The molecular weight excluding hydrogens is 350 g/mol. The largest absolute Gasteiger partial charge is 0.354 e. The van der Waals surface area contributed by atoms with Crippen LogP contribution in [0.25, 0.3) is 0 Å². The summed E-state index contributed by atoms with van der Waals surface area (Å²) in [6, 6.07) is 3.94. The third-order valence-electron chi connectivity index (χ3n) is 4.10. The van der Waals surface area contributed by atoms with Gasteiger partial charge in [0.05, 0.1) is 6.04 Å². The van der Waals surface area contributed by atoms with Gasteiger partial charge >= 0.3 is 0 Å². The highest BCUT2D eigenvalue weighted by Gasteiger charge is 2.21. The van der Waals surface area contributed by atoms with E-state index < -0.39 is 0 Å². The fraction of sp³-hybridized carbons (Fsp3) is 0.688. The third-order valence-corrected chi connectivity index (χ3v) is 5.60. The van der Waals surface area contributed by atoms with Gasteiger partial charge in [0.25, 0.3) is 0 Å². The molecule has 0 aromatic carbocycles. The van der Waals surface area contributed by atoms with Crippen molar-refractivity contribution in [2.75, 3.05) is 31.6 Å². The molecule has 0 aliphatic carbocycles. The zero-order valence-corrected chi connectivity index (χ0v) is 16.2. The van der Waals surface area contributed by atoms with Crippen LogP contribution in [0.2, 0.25) is 0 Å². The van der Waals surface area contributed by atoms with E-state index in [2.05, 4.69) is 27.7 Å². The average Bonchev–Trinajstić information content (AvgIpc) is 3.03.